The summed E-state index contributed by atoms with van der Waals surface area (Å²) >= 11 is 0. The predicted molar refractivity (Wildman–Crippen MR) is 72.2 cm³/mol. The standard InChI is InChI=1S/C14H19N3O/c15-9-12-3-4-13(16)14(8-12)17-6-1-2-11(10-17)5-7-18/h3-4,8,11,18H,1-2,5-7,10,16H2. The lowest BCUT2D eigenvalue weighted by Gasteiger charge is -2.35. The average Bonchev–Trinajstić information content (AvgIpc) is 2.40. The molecule has 4 heteroatoms. The topological polar surface area (TPSA) is 73.3 Å². The van der Waals surface area contributed by atoms with Gasteiger partial charge < -0.3 is 15.7 Å². The van der Waals surface area contributed by atoms with Crippen molar-refractivity contribution < 1.29 is 5.11 Å². The molecular weight excluding hydrogens is 226 g/mol. The van der Waals surface area contributed by atoms with E-state index in [1.54, 1.807) is 12.1 Å². The van der Waals surface area contributed by atoms with Gasteiger partial charge in [0.25, 0.3) is 0 Å². The Morgan fingerprint density at radius 3 is 3.06 bits per heavy atom. The third kappa shape index (κ3) is 2.74. The quantitative estimate of drug-likeness (QED) is 0.795. The number of anilines is 2. The number of nitrogens with two attached hydrogens (primary N) is 1. The van der Waals surface area contributed by atoms with Crippen LogP contribution >= 0.6 is 0 Å². The van der Waals surface area contributed by atoms with Crippen molar-refractivity contribution in [3.63, 3.8) is 0 Å². The van der Waals surface area contributed by atoms with Crippen molar-refractivity contribution in [3.05, 3.63) is 23.8 Å². The van der Waals surface area contributed by atoms with E-state index in [9.17, 15) is 0 Å². The summed E-state index contributed by atoms with van der Waals surface area (Å²) in [5.74, 6) is 0.522. The number of aliphatic hydroxyl groups excluding tert-OH is 1. The Morgan fingerprint density at radius 1 is 1.50 bits per heavy atom. The highest BCUT2D eigenvalue weighted by Gasteiger charge is 2.21. The molecule has 1 aromatic carbocycles. The van der Waals surface area contributed by atoms with Crippen LogP contribution in [0.3, 0.4) is 0 Å². The van der Waals surface area contributed by atoms with Gasteiger partial charge in [0.1, 0.15) is 0 Å². The molecule has 1 atom stereocenters. The zero-order valence-electron chi connectivity index (χ0n) is 10.5. The number of rotatable bonds is 3. The molecule has 1 unspecified atom stereocenters. The van der Waals surface area contributed by atoms with E-state index in [1.807, 2.05) is 6.07 Å². The first-order valence-electron chi connectivity index (χ1n) is 6.40. The number of hydrogen-bond acceptors (Lipinski definition) is 4. The fourth-order valence-electron chi connectivity index (χ4n) is 2.59. The SMILES string of the molecule is N#Cc1ccc(N)c(N2CCCC(CCO)C2)c1. The summed E-state index contributed by atoms with van der Waals surface area (Å²) < 4.78 is 0. The van der Waals surface area contributed by atoms with Gasteiger partial charge in [-0.15, -0.1) is 0 Å². The van der Waals surface area contributed by atoms with Crippen molar-refractivity contribution in [2.24, 2.45) is 5.92 Å². The number of hydrogen-bond donors (Lipinski definition) is 2. The third-order valence-corrected chi connectivity index (χ3v) is 3.56. The highest BCUT2D eigenvalue weighted by atomic mass is 16.3. The van der Waals surface area contributed by atoms with E-state index in [0.717, 1.165) is 43.7 Å². The van der Waals surface area contributed by atoms with E-state index in [1.165, 1.54) is 0 Å². The van der Waals surface area contributed by atoms with Crippen molar-refractivity contribution >= 4 is 11.4 Å². The Bertz CT molecular complexity index is 451. The molecule has 0 saturated carbocycles. The Morgan fingerprint density at radius 2 is 2.33 bits per heavy atom. The van der Waals surface area contributed by atoms with Crippen LogP contribution in [0.25, 0.3) is 0 Å². The molecule has 4 nitrogen and oxygen atoms in total. The molecular formula is C14H19N3O. The van der Waals surface area contributed by atoms with Gasteiger partial charge in [0, 0.05) is 19.7 Å². The van der Waals surface area contributed by atoms with E-state index in [4.69, 9.17) is 16.1 Å². The van der Waals surface area contributed by atoms with E-state index in [2.05, 4.69) is 11.0 Å². The Balaban J connectivity index is 2.17. The minimum Gasteiger partial charge on any atom is -0.397 e. The largest absolute Gasteiger partial charge is 0.397 e. The highest BCUT2D eigenvalue weighted by molar-refractivity contribution is 5.69. The maximum atomic E-state index is 9.03. The highest BCUT2D eigenvalue weighted by Crippen LogP contribution is 2.29. The van der Waals surface area contributed by atoms with Crippen LogP contribution in [0.1, 0.15) is 24.8 Å². The van der Waals surface area contributed by atoms with E-state index in [0.29, 0.717) is 11.5 Å². The molecule has 96 valence electrons. The molecule has 3 N–H and O–H groups in total. The second-order valence-corrected chi connectivity index (χ2v) is 4.85. The first-order valence-corrected chi connectivity index (χ1v) is 6.40. The summed E-state index contributed by atoms with van der Waals surface area (Å²) in [4.78, 5) is 2.24. The number of aliphatic hydroxyl groups is 1. The van der Waals surface area contributed by atoms with Gasteiger partial charge in [0.15, 0.2) is 0 Å². The zero-order chi connectivity index (χ0) is 13.0. The summed E-state index contributed by atoms with van der Waals surface area (Å²) in [6.45, 7) is 2.13. The molecule has 1 aliphatic heterocycles. The molecule has 1 aromatic rings. The lowest BCUT2D eigenvalue weighted by molar-refractivity contribution is 0.244. The van der Waals surface area contributed by atoms with Crippen LogP contribution in [0, 0.1) is 17.2 Å². The number of benzene rings is 1. The van der Waals surface area contributed by atoms with Crippen LogP contribution in [-0.2, 0) is 0 Å². The van der Waals surface area contributed by atoms with Gasteiger partial charge in [-0.25, -0.2) is 0 Å². The zero-order valence-corrected chi connectivity index (χ0v) is 10.5. The van der Waals surface area contributed by atoms with Gasteiger partial charge in [0.05, 0.1) is 23.0 Å². The van der Waals surface area contributed by atoms with Crippen molar-refractivity contribution in [1.29, 1.82) is 5.26 Å². The molecule has 0 spiro atoms. The lowest BCUT2D eigenvalue weighted by atomic mass is 9.94. The van der Waals surface area contributed by atoms with Crippen LogP contribution in [0.15, 0.2) is 18.2 Å². The van der Waals surface area contributed by atoms with Gasteiger partial charge in [-0.2, -0.15) is 5.26 Å². The minimum atomic E-state index is 0.242. The van der Waals surface area contributed by atoms with E-state index in [-0.39, 0.29) is 6.61 Å². The first-order chi connectivity index (χ1) is 8.74. The van der Waals surface area contributed by atoms with Crippen molar-refractivity contribution in [3.8, 4) is 6.07 Å². The first kappa shape index (κ1) is 12.7. The van der Waals surface area contributed by atoms with Gasteiger partial charge in [-0.1, -0.05) is 0 Å². The molecule has 0 aliphatic carbocycles. The Hall–Kier alpha value is -1.73. The van der Waals surface area contributed by atoms with Crippen molar-refractivity contribution in [2.75, 3.05) is 30.3 Å². The molecule has 2 rings (SSSR count). The molecule has 0 aromatic heterocycles. The Labute approximate surface area is 108 Å². The third-order valence-electron chi connectivity index (χ3n) is 3.56. The molecule has 1 heterocycles. The average molecular weight is 245 g/mol. The van der Waals surface area contributed by atoms with Crippen LogP contribution < -0.4 is 10.6 Å². The summed E-state index contributed by atoms with van der Waals surface area (Å²) in [5, 5.41) is 18.0. The van der Waals surface area contributed by atoms with Gasteiger partial charge in [-0.05, 0) is 43.4 Å². The summed E-state index contributed by atoms with van der Waals surface area (Å²) in [5.41, 5.74) is 8.31. The molecule has 1 saturated heterocycles. The summed E-state index contributed by atoms with van der Waals surface area (Å²) in [6, 6.07) is 7.54. The van der Waals surface area contributed by atoms with E-state index >= 15 is 0 Å². The number of nitrogen functional groups attached to an aromatic ring is 1. The second kappa shape index (κ2) is 5.74. The molecule has 1 aliphatic rings. The normalized spacial score (nSPS) is 19.6. The van der Waals surface area contributed by atoms with Crippen LogP contribution in [0.4, 0.5) is 11.4 Å². The van der Waals surface area contributed by atoms with Crippen molar-refractivity contribution in [1.82, 2.24) is 0 Å². The molecule has 0 bridgehead atoms. The fraction of sp³-hybridized carbons (Fsp3) is 0.500. The summed E-state index contributed by atoms with van der Waals surface area (Å²) in [7, 11) is 0. The lowest BCUT2D eigenvalue weighted by Crippen LogP contribution is -2.36. The molecule has 0 radical (unpaired) electrons. The summed E-state index contributed by atoms with van der Waals surface area (Å²) in [6.07, 6.45) is 3.12. The maximum absolute atomic E-state index is 9.03. The molecule has 18 heavy (non-hydrogen) atoms. The fourth-order valence-corrected chi connectivity index (χ4v) is 2.59. The molecule has 0 amide bonds. The number of nitrogens with zero attached hydrogens (tertiary/aromatic N) is 2. The Kier molecular flexibility index (Phi) is 4.06. The maximum Gasteiger partial charge on any atom is 0.0992 e. The van der Waals surface area contributed by atoms with Gasteiger partial charge >= 0.3 is 0 Å². The number of piperidine rings is 1. The predicted octanol–water partition coefficient (Wildman–Crippen LogP) is 1.74. The van der Waals surface area contributed by atoms with Crippen molar-refractivity contribution in [2.45, 2.75) is 19.3 Å². The van der Waals surface area contributed by atoms with Gasteiger partial charge in [0.2, 0.25) is 0 Å². The smallest absolute Gasteiger partial charge is 0.0992 e. The minimum absolute atomic E-state index is 0.242. The molecule has 1 fully saturated rings. The second-order valence-electron chi connectivity index (χ2n) is 4.85. The van der Waals surface area contributed by atoms with Crippen LogP contribution in [-0.4, -0.2) is 24.8 Å². The number of nitriles is 1. The van der Waals surface area contributed by atoms with Crippen LogP contribution in [0.2, 0.25) is 0 Å². The van der Waals surface area contributed by atoms with E-state index < -0.39 is 0 Å². The monoisotopic (exact) mass is 245 g/mol. The van der Waals surface area contributed by atoms with Crippen LogP contribution in [0.5, 0.6) is 0 Å². The van der Waals surface area contributed by atoms with Gasteiger partial charge in [-0.3, -0.25) is 0 Å².